The van der Waals surface area contributed by atoms with Crippen LogP contribution in [0.25, 0.3) is 11.1 Å². The first-order valence-electron chi connectivity index (χ1n) is 6.39. The van der Waals surface area contributed by atoms with Gasteiger partial charge in [-0.2, -0.15) is 13.2 Å². The van der Waals surface area contributed by atoms with Gasteiger partial charge in [-0.3, -0.25) is 0 Å². The first-order valence-corrected chi connectivity index (χ1v) is 6.39. The minimum Gasteiger partial charge on any atom is -0.493 e. The van der Waals surface area contributed by atoms with Crippen molar-refractivity contribution in [1.29, 1.82) is 0 Å². The second kappa shape index (κ2) is 6.17. The maximum absolute atomic E-state index is 12.6. The van der Waals surface area contributed by atoms with Crippen molar-refractivity contribution in [3.05, 3.63) is 42.0 Å². The summed E-state index contributed by atoms with van der Waals surface area (Å²) in [6, 6.07) is 8.24. The van der Waals surface area contributed by atoms with Gasteiger partial charge in [-0.1, -0.05) is 12.1 Å². The third-order valence-corrected chi connectivity index (χ3v) is 3.23. The van der Waals surface area contributed by atoms with Crippen LogP contribution in [0.5, 0.6) is 17.2 Å². The van der Waals surface area contributed by atoms with Crippen LogP contribution in [-0.2, 0) is 6.18 Å². The minimum absolute atomic E-state index is 0.391. The smallest absolute Gasteiger partial charge is 0.416 e. The van der Waals surface area contributed by atoms with Gasteiger partial charge in [0.2, 0.25) is 5.75 Å². The maximum atomic E-state index is 12.6. The average molecular weight is 312 g/mol. The largest absolute Gasteiger partial charge is 0.493 e. The zero-order valence-electron chi connectivity index (χ0n) is 12.3. The van der Waals surface area contributed by atoms with E-state index < -0.39 is 11.7 Å². The van der Waals surface area contributed by atoms with Gasteiger partial charge >= 0.3 is 6.18 Å². The lowest BCUT2D eigenvalue weighted by atomic mass is 10.0. The van der Waals surface area contributed by atoms with E-state index in [0.29, 0.717) is 28.4 Å². The fourth-order valence-electron chi connectivity index (χ4n) is 2.17. The van der Waals surface area contributed by atoms with Gasteiger partial charge in [0.15, 0.2) is 11.5 Å². The van der Waals surface area contributed by atoms with Crippen molar-refractivity contribution in [3.8, 4) is 28.4 Å². The Labute approximate surface area is 126 Å². The number of hydrogen-bond acceptors (Lipinski definition) is 3. The number of methoxy groups -OCH3 is 3. The van der Waals surface area contributed by atoms with Crippen molar-refractivity contribution in [1.82, 2.24) is 0 Å². The molecule has 2 aromatic carbocycles. The SMILES string of the molecule is COc1ccc(-c2ccc(C(F)(F)F)cc2)c(OC)c1OC. The molecule has 0 aromatic heterocycles. The molecule has 118 valence electrons. The average Bonchev–Trinajstić information content (AvgIpc) is 2.52. The summed E-state index contributed by atoms with van der Waals surface area (Å²) in [4.78, 5) is 0. The number of halogens is 3. The Bertz CT molecular complexity index is 649. The molecule has 0 aliphatic rings. The molecule has 0 N–H and O–H groups in total. The lowest BCUT2D eigenvalue weighted by Gasteiger charge is -2.16. The van der Waals surface area contributed by atoms with E-state index in [9.17, 15) is 13.2 Å². The van der Waals surface area contributed by atoms with Crippen molar-refractivity contribution < 1.29 is 27.4 Å². The van der Waals surface area contributed by atoms with E-state index >= 15 is 0 Å². The van der Waals surface area contributed by atoms with E-state index in [4.69, 9.17) is 14.2 Å². The van der Waals surface area contributed by atoms with Gasteiger partial charge in [-0.25, -0.2) is 0 Å². The Hall–Kier alpha value is -2.37. The molecule has 0 atom stereocenters. The Morgan fingerprint density at radius 2 is 1.32 bits per heavy atom. The molecular formula is C16H15F3O3. The number of rotatable bonds is 4. The number of alkyl halides is 3. The molecule has 0 aliphatic heterocycles. The van der Waals surface area contributed by atoms with Gasteiger partial charge in [0.05, 0.1) is 26.9 Å². The third kappa shape index (κ3) is 2.95. The zero-order chi connectivity index (χ0) is 16.3. The predicted molar refractivity (Wildman–Crippen MR) is 76.5 cm³/mol. The van der Waals surface area contributed by atoms with E-state index in [-0.39, 0.29) is 0 Å². The molecule has 2 rings (SSSR count). The zero-order valence-corrected chi connectivity index (χ0v) is 12.3. The molecule has 0 unspecified atom stereocenters. The summed E-state index contributed by atoms with van der Waals surface area (Å²) in [6.07, 6.45) is -4.36. The number of benzene rings is 2. The topological polar surface area (TPSA) is 27.7 Å². The van der Waals surface area contributed by atoms with Crippen LogP contribution >= 0.6 is 0 Å². The minimum atomic E-state index is -4.36. The van der Waals surface area contributed by atoms with Crippen LogP contribution in [0.1, 0.15) is 5.56 Å². The number of ether oxygens (including phenoxy) is 3. The molecule has 22 heavy (non-hydrogen) atoms. The monoisotopic (exact) mass is 312 g/mol. The molecule has 0 aliphatic carbocycles. The van der Waals surface area contributed by atoms with Crippen LogP contribution in [0.2, 0.25) is 0 Å². The third-order valence-electron chi connectivity index (χ3n) is 3.23. The quantitative estimate of drug-likeness (QED) is 0.837. The van der Waals surface area contributed by atoms with Crippen LogP contribution in [0.3, 0.4) is 0 Å². The molecule has 0 heterocycles. The van der Waals surface area contributed by atoms with Crippen molar-refractivity contribution in [3.63, 3.8) is 0 Å². The van der Waals surface area contributed by atoms with Crippen molar-refractivity contribution in [2.24, 2.45) is 0 Å². The summed E-state index contributed by atoms with van der Waals surface area (Å²) >= 11 is 0. The van der Waals surface area contributed by atoms with Crippen LogP contribution in [0.15, 0.2) is 36.4 Å². The molecule has 0 saturated heterocycles. The first kappa shape index (κ1) is 16.0. The van der Waals surface area contributed by atoms with Crippen LogP contribution in [-0.4, -0.2) is 21.3 Å². The highest BCUT2D eigenvalue weighted by Gasteiger charge is 2.30. The van der Waals surface area contributed by atoms with Gasteiger partial charge in [0.25, 0.3) is 0 Å². The molecule has 0 saturated carbocycles. The molecule has 0 amide bonds. The van der Waals surface area contributed by atoms with Gasteiger partial charge in [-0.15, -0.1) is 0 Å². The molecule has 6 heteroatoms. The maximum Gasteiger partial charge on any atom is 0.416 e. The molecule has 0 bridgehead atoms. The second-order valence-corrected chi connectivity index (χ2v) is 4.46. The first-order chi connectivity index (χ1) is 10.4. The highest BCUT2D eigenvalue weighted by Crippen LogP contribution is 2.44. The molecule has 0 radical (unpaired) electrons. The molecule has 2 aromatic rings. The predicted octanol–water partition coefficient (Wildman–Crippen LogP) is 4.40. The summed E-state index contributed by atoms with van der Waals surface area (Å²) in [7, 11) is 4.43. The fraction of sp³-hybridized carbons (Fsp3) is 0.250. The van der Waals surface area contributed by atoms with Crippen molar-refractivity contribution in [2.75, 3.05) is 21.3 Å². The summed E-state index contributed by atoms with van der Waals surface area (Å²) in [5.41, 5.74) is 0.510. The molecule has 3 nitrogen and oxygen atoms in total. The van der Waals surface area contributed by atoms with E-state index in [1.807, 2.05) is 0 Å². The van der Waals surface area contributed by atoms with Gasteiger partial charge in [0, 0.05) is 5.56 Å². The summed E-state index contributed by atoms with van der Waals surface area (Å²) in [5.74, 6) is 1.28. The fourth-order valence-corrected chi connectivity index (χ4v) is 2.17. The Balaban J connectivity index is 2.53. The Morgan fingerprint density at radius 1 is 0.727 bits per heavy atom. The van der Waals surface area contributed by atoms with Crippen molar-refractivity contribution in [2.45, 2.75) is 6.18 Å². The highest BCUT2D eigenvalue weighted by molar-refractivity contribution is 5.76. The lowest BCUT2D eigenvalue weighted by molar-refractivity contribution is -0.137. The van der Waals surface area contributed by atoms with E-state index in [1.54, 1.807) is 12.1 Å². The van der Waals surface area contributed by atoms with E-state index in [0.717, 1.165) is 12.1 Å². The summed E-state index contributed by atoms with van der Waals surface area (Å²) < 4.78 is 53.7. The van der Waals surface area contributed by atoms with Crippen LogP contribution < -0.4 is 14.2 Å². The molecular weight excluding hydrogens is 297 g/mol. The standard InChI is InChI=1S/C16H15F3O3/c1-20-13-9-8-12(14(21-2)15(13)22-3)10-4-6-11(7-5-10)16(17,18)19/h4-9H,1-3H3. The van der Waals surface area contributed by atoms with Crippen LogP contribution in [0, 0.1) is 0 Å². The molecule has 0 fully saturated rings. The van der Waals surface area contributed by atoms with Gasteiger partial charge < -0.3 is 14.2 Å². The normalized spacial score (nSPS) is 11.2. The van der Waals surface area contributed by atoms with Gasteiger partial charge in [0.1, 0.15) is 0 Å². The second-order valence-electron chi connectivity index (χ2n) is 4.46. The lowest BCUT2D eigenvalue weighted by Crippen LogP contribution is -2.04. The summed E-state index contributed by atoms with van der Waals surface area (Å²) in [5, 5.41) is 0. The highest BCUT2D eigenvalue weighted by atomic mass is 19.4. The Kier molecular flexibility index (Phi) is 4.49. The van der Waals surface area contributed by atoms with E-state index in [2.05, 4.69) is 0 Å². The van der Waals surface area contributed by atoms with Crippen molar-refractivity contribution >= 4 is 0 Å². The molecule has 0 spiro atoms. The van der Waals surface area contributed by atoms with Crippen LogP contribution in [0.4, 0.5) is 13.2 Å². The Morgan fingerprint density at radius 3 is 1.77 bits per heavy atom. The summed E-state index contributed by atoms with van der Waals surface area (Å²) in [6.45, 7) is 0. The number of hydrogen-bond donors (Lipinski definition) is 0. The van der Waals surface area contributed by atoms with E-state index in [1.165, 1.54) is 33.5 Å². The van der Waals surface area contributed by atoms with Gasteiger partial charge in [-0.05, 0) is 29.8 Å².